The second-order valence-electron chi connectivity index (χ2n) is 5.85. The molecule has 0 aromatic heterocycles. The monoisotopic (exact) mass is 312 g/mol. The summed E-state index contributed by atoms with van der Waals surface area (Å²) < 4.78 is 29.4. The van der Waals surface area contributed by atoms with E-state index >= 15 is 0 Å². The summed E-state index contributed by atoms with van der Waals surface area (Å²) in [5, 5.41) is 9.12. The molecule has 0 radical (unpaired) electrons. The van der Waals surface area contributed by atoms with Gasteiger partial charge in [0.1, 0.15) is 0 Å². The van der Waals surface area contributed by atoms with E-state index in [-0.39, 0.29) is 6.61 Å². The average Bonchev–Trinajstić information content (AvgIpc) is 2.46. The molecule has 0 saturated carbocycles. The van der Waals surface area contributed by atoms with Gasteiger partial charge in [0, 0.05) is 25.2 Å². The first-order chi connectivity index (χ1) is 9.90. The number of aliphatic hydroxyl groups excluding tert-OH is 1. The van der Waals surface area contributed by atoms with Crippen molar-refractivity contribution < 1.29 is 13.5 Å². The molecule has 0 aliphatic carbocycles. The molecule has 1 unspecified atom stereocenters. The third kappa shape index (κ3) is 3.83. The Balaban J connectivity index is 2.14. The SMILES string of the molecule is CCC(C)(CCO)NS(=O)(=O)N1CCc2ccccc2C1. The molecule has 0 amide bonds. The lowest BCUT2D eigenvalue weighted by molar-refractivity contribution is 0.230. The Kier molecular flexibility index (Phi) is 5.03. The number of fused-ring (bicyclic) bond motifs is 1. The second-order valence-corrected chi connectivity index (χ2v) is 7.52. The number of rotatable bonds is 6. The van der Waals surface area contributed by atoms with Crippen molar-refractivity contribution in [2.45, 2.75) is 45.2 Å². The van der Waals surface area contributed by atoms with Crippen LogP contribution in [0.1, 0.15) is 37.8 Å². The van der Waals surface area contributed by atoms with E-state index in [9.17, 15) is 8.42 Å². The van der Waals surface area contributed by atoms with Gasteiger partial charge in [0.05, 0.1) is 0 Å². The van der Waals surface area contributed by atoms with Gasteiger partial charge < -0.3 is 5.11 Å². The smallest absolute Gasteiger partial charge is 0.280 e. The third-order valence-corrected chi connectivity index (χ3v) is 6.00. The van der Waals surface area contributed by atoms with Crippen molar-refractivity contribution in [3.63, 3.8) is 0 Å². The van der Waals surface area contributed by atoms with E-state index < -0.39 is 15.7 Å². The molecule has 21 heavy (non-hydrogen) atoms. The van der Waals surface area contributed by atoms with Crippen LogP contribution in [0.3, 0.4) is 0 Å². The molecular weight excluding hydrogens is 288 g/mol. The lowest BCUT2D eigenvalue weighted by Crippen LogP contribution is -2.52. The first-order valence-electron chi connectivity index (χ1n) is 7.37. The van der Waals surface area contributed by atoms with Crippen LogP contribution in [-0.4, -0.2) is 36.5 Å². The molecule has 1 aromatic rings. The molecular formula is C15H24N2O3S. The lowest BCUT2D eigenvalue weighted by Gasteiger charge is -2.34. The molecule has 1 atom stereocenters. The van der Waals surface area contributed by atoms with E-state index in [2.05, 4.69) is 10.8 Å². The maximum absolute atomic E-state index is 12.6. The quantitative estimate of drug-likeness (QED) is 0.835. The summed E-state index contributed by atoms with van der Waals surface area (Å²) in [7, 11) is -3.55. The van der Waals surface area contributed by atoms with Crippen molar-refractivity contribution in [3.8, 4) is 0 Å². The first kappa shape index (κ1) is 16.4. The Morgan fingerprint density at radius 1 is 1.33 bits per heavy atom. The van der Waals surface area contributed by atoms with Crippen molar-refractivity contribution >= 4 is 10.2 Å². The molecule has 1 aromatic carbocycles. The van der Waals surface area contributed by atoms with Gasteiger partial charge in [-0.2, -0.15) is 17.4 Å². The van der Waals surface area contributed by atoms with E-state index in [1.807, 2.05) is 32.0 Å². The molecule has 118 valence electrons. The van der Waals surface area contributed by atoms with Crippen molar-refractivity contribution in [2.24, 2.45) is 0 Å². The van der Waals surface area contributed by atoms with Gasteiger partial charge in [-0.3, -0.25) is 0 Å². The Labute approximate surface area is 127 Å². The van der Waals surface area contributed by atoms with Gasteiger partial charge in [-0.05, 0) is 37.3 Å². The van der Waals surface area contributed by atoms with Crippen LogP contribution in [0.5, 0.6) is 0 Å². The van der Waals surface area contributed by atoms with Crippen LogP contribution in [0.15, 0.2) is 24.3 Å². The summed E-state index contributed by atoms with van der Waals surface area (Å²) in [5.74, 6) is 0. The molecule has 2 rings (SSSR count). The molecule has 5 nitrogen and oxygen atoms in total. The molecule has 1 aliphatic rings. The fourth-order valence-electron chi connectivity index (χ4n) is 2.60. The minimum absolute atomic E-state index is 0.0321. The van der Waals surface area contributed by atoms with E-state index in [0.717, 1.165) is 12.0 Å². The van der Waals surface area contributed by atoms with Crippen LogP contribution in [0.25, 0.3) is 0 Å². The summed E-state index contributed by atoms with van der Waals surface area (Å²) >= 11 is 0. The maximum Gasteiger partial charge on any atom is 0.280 e. The van der Waals surface area contributed by atoms with E-state index in [4.69, 9.17) is 5.11 Å². The zero-order chi connectivity index (χ0) is 15.5. The van der Waals surface area contributed by atoms with Gasteiger partial charge in [-0.15, -0.1) is 0 Å². The van der Waals surface area contributed by atoms with Crippen molar-refractivity contribution in [3.05, 3.63) is 35.4 Å². The predicted molar refractivity (Wildman–Crippen MR) is 83.0 cm³/mol. The molecule has 2 N–H and O–H groups in total. The van der Waals surface area contributed by atoms with Crippen LogP contribution in [0.2, 0.25) is 0 Å². The Bertz CT molecular complexity index is 588. The minimum Gasteiger partial charge on any atom is -0.396 e. The fraction of sp³-hybridized carbons (Fsp3) is 0.600. The Morgan fingerprint density at radius 2 is 2.00 bits per heavy atom. The average molecular weight is 312 g/mol. The number of nitrogens with zero attached hydrogens (tertiary/aromatic N) is 1. The second kappa shape index (κ2) is 6.44. The van der Waals surface area contributed by atoms with Crippen molar-refractivity contribution in [1.82, 2.24) is 9.03 Å². The molecule has 0 saturated heterocycles. The highest BCUT2D eigenvalue weighted by atomic mass is 32.2. The normalized spacial score (nSPS) is 19.0. The molecule has 6 heteroatoms. The summed E-state index contributed by atoms with van der Waals surface area (Å²) in [4.78, 5) is 0. The number of hydrogen-bond acceptors (Lipinski definition) is 3. The summed E-state index contributed by atoms with van der Waals surface area (Å²) in [6, 6.07) is 7.94. The van der Waals surface area contributed by atoms with E-state index in [0.29, 0.717) is 25.9 Å². The highest BCUT2D eigenvalue weighted by molar-refractivity contribution is 7.87. The van der Waals surface area contributed by atoms with Crippen LogP contribution in [-0.2, 0) is 23.2 Å². The van der Waals surface area contributed by atoms with E-state index in [1.165, 1.54) is 9.87 Å². The van der Waals surface area contributed by atoms with Gasteiger partial charge in [0.2, 0.25) is 0 Å². The van der Waals surface area contributed by atoms with Gasteiger partial charge in [0.25, 0.3) is 10.2 Å². The third-order valence-electron chi connectivity index (χ3n) is 4.25. The molecule has 0 fully saturated rings. The topological polar surface area (TPSA) is 69.6 Å². The van der Waals surface area contributed by atoms with Crippen molar-refractivity contribution in [2.75, 3.05) is 13.2 Å². The summed E-state index contributed by atoms with van der Waals surface area (Å²) in [5.41, 5.74) is 1.68. The first-order valence-corrected chi connectivity index (χ1v) is 8.81. The number of aliphatic hydroxyl groups is 1. The summed E-state index contributed by atoms with van der Waals surface area (Å²) in [6.45, 7) is 4.62. The van der Waals surface area contributed by atoms with Crippen LogP contribution in [0, 0.1) is 0 Å². The number of benzene rings is 1. The largest absolute Gasteiger partial charge is 0.396 e. The number of nitrogens with one attached hydrogen (secondary N) is 1. The van der Waals surface area contributed by atoms with Gasteiger partial charge >= 0.3 is 0 Å². The predicted octanol–water partition coefficient (Wildman–Crippen LogP) is 1.43. The minimum atomic E-state index is -3.55. The number of hydrogen-bond donors (Lipinski definition) is 2. The van der Waals surface area contributed by atoms with Gasteiger partial charge in [-0.25, -0.2) is 0 Å². The highest BCUT2D eigenvalue weighted by Gasteiger charge is 2.33. The van der Waals surface area contributed by atoms with Gasteiger partial charge in [0.15, 0.2) is 0 Å². The zero-order valence-corrected chi connectivity index (χ0v) is 13.5. The maximum atomic E-state index is 12.6. The molecule has 0 spiro atoms. The van der Waals surface area contributed by atoms with Crippen LogP contribution >= 0.6 is 0 Å². The Hall–Kier alpha value is -0.950. The van der Waals surface area contributed by atoms with Crippen molar-refractivity contribution in [1.29, 1.82) is 0 Å². The van der Waals surface area contributed by atoms with E-state index in [1.54, 1.807) is 0 Å². The summed E-state index contributed by atoms with van der Waals surface area (Å²) in [6.07, 6.45) is 1.78. The molecule has 0 bridgehead atoms. The van der Waals surface area contributed by atoms with Crippen LogP contribution in [0.4, 0.5) is 0 Å². The van der Waals surface area contributed by atoms with Crippen LogP contribution < -0.4 is 4.72 Å². The lowest BCUT2D eigenvalue weighted by atomic mass is 9.97. The Morgan fingerprint density at radius 3 is 2.62 bits per heavy atom. The van der Waals surface area contributed by atoms with Gasteiger partial charge in [-0.1, -0.05) is 31.2 Å². The molecule has 1 aliphatic heterocycles. The fourth-order valence-corrected chi connectivity index (χ4v) is 4.24. The standard InChI is InChI=1S/C15H24N2O3S/c1-3-15(2,9-11-18)16-21(19,20)17-10-8-13-6-4-5-7-14(13)12-17/h4-7,16,18H,3,8-12H2,1-2H3. The highest BCUT2D eigenvalue weighted by Crippen LogP contribution is 2.22. The molecule has 1 heterocycles. The zero-order valence-electron chi connectivity index (χ0n) is 12.7.